The van der Waals surface area contributed by atoms with Gasteiger partial charge < -0.3 is 10.1 Å². The van der Waals surface area contributed by atoms with Gasteiger partial charge in [-0.2, -0.15) is 13.2 Å². The van der Waals surface area contributed by atoms with Crippen LogP contribution in [0.3, 0.4) is 0 Å². The third kappa shape index (κ3) is 4.68. The summed E-state index contributed by atoms with van der Waals surface area (Å²) in [4.78, 5) is 3.52. The molecule has 1 atom stereocenters. The number of aromatic nitrogens is 1. The predicted molar refractivity (Wildman–Crippen MR) is 98.0 cm³/mol. The summed E-state index contributed by atoms with van der Waals surface area (Å²) in [6, 6.07) is 5.40. The van der Waals surface area contributed by atoms with Crippen molar-refractivity contribution < 1.29 is 26.3 Å². The van der Waals surface area contributed by atoms with Gasteiger partial charge in [-0.05, 0) is 37.7 Å². The monoisotopic (exact) mass is 435 g/mol. The van der Waals surface area contributed by atoms with Gasteiger partial charge in [0.1, 0.15) is 21.4 Å². The maximum atomic E-state index is 13.4. The van der Waals surface area contributed by atoms with Crippen molar-refractivity contribution in [1.29, 1.82) is 0 Å². The second-order valence-corrected chi connectivity index (χ2v) is 8.68. The zero-order valence-electron chi connectivity index (χ0n) is 14.7. The number of halogens is 4. The van der Waals surface area contributed by atoms with E-state index in [1.165, 1.54) is 12.1 Å². The van der Waals surface area contributed by atoms with Crippen LogP contribution in [-0.2, 0) is 16.2 Å². The Morgan fingerprint density at radius 2 is 2.04 bits per heavy atom. The van der Waals surface area contributed by atoms with E-state index in [1.807, 2.05) is 0 Å². The van der Waals surface area contributed by atoms with E-state index in [-0.39, 0.29) is 15.7 Å². The molecule has 3 rings (SSSR count). The number of alkyl halides is 3. The van der Waals surface area contributed by atoms with Crippen molar-refractivity contribution in [1.82, 2.24) is 10.3 Å². The lowest BCUT2D eigenvalue weighted by Gasteiger charge is -2.27. The Morgan fingerprint density at radius 1 is 1.29 bits per heavy atom. The van der Waals surface area contributed by atoms with Crippen molar-refractivity contribution in [3.63, 3.8) is 0 Å². The summed E-state index contributed by atoms with van der Waals surface area (Å²) >= 11 is 5.64. The molecule has 1 saturated heterocycles. The Balaban J connectivity index is 1.93. The standard InChI is InChI=1S/C17H17ClF3N3O3S/c1-16(6-7-22-10-16)27-14-8-11(2-4-13(14)17(19,20)21)24-28(25,26)12-3-5-15(18)23-9-12/h2-5,8-9,22,24H,6-7,10H2,1H3/t16-/m1/s1. The number of nitrogens with one attached hydrogen (secondary N) is 2. The van der Waals surface area contributed by atoms with Gasteiger partial charge in [-0.15, -0.1) is 0 Å². The molecule has 0 saturated carbocycles. The molecular weight excluding hydrogens is 419 g/mol. The van der Waals surface area contributed by atoms with E-state index in [9.17, 15) is 21.6 Å². The van der Waals surface area contributed by atoms with Crippen LogP contribution < -0.4 is 14.8 Å². The molecule has 1 fully saturated rings. The van der Waals surface area contributed by atoms with Crippen molar-refractivity contribution in [2.45, 2.75) is 30.0 Å². The number of pyridine rings is 1. The van der Waals surface area contributed by atoms with Gasteiger partial charge in [0.15, 0.2) is 0 Å². The van der Waals surface area contributed by atoms with Gasteiger partial charge in [0.05, 0.1) is 11.3 Å². The van der Waals surface area contributed by atoms with Crippen LogP contribution in [0.5, 0.6) is 5.75 Å². The lowest BCUT2D eigenvalue weighted by Crippen LogP contribution is -2.35. The molecule has 11 heteroatoms. The number of hydrogen-bond donors (Lipinski definition) is 2. The summed E-state index contributed by atoms with van der Waals surface area (Å²) in [5, 5.41) is 3.15. The molecule has 6 nitrogen and oxygen atoms in total. The first kappa shape index (κ1) is 20.7. The molecule has 0 amide bonds. The molecule has 1 aliphatic rings. The molecule has 28 heavy (non-hydrogen) atoms. The Hall–Kier alpha value is -2.04. The predicted octanol–water partition coefficient (Wildman–Crippen LogP) is 3.69. The minimum atomic E-state index is -4.64. The molecule has 0 radical (unpaired) electrons. The van der Waals surface area contributed by atoms with Crippen molar-refractivity contribution in [3.05, 3.63) is 47.2 Å². The van der Waals surface area contributed by atoms with Crippen LogP contribution >= 0.6 is 11.6 Å². The van der Waals surface area contributed by atoms with Crippen LogP contribution in [0.4, 0.5) is 18.9 Å². The van der Waals surface area contributed by atoms with E-state index in [0.29, 0.717) is 19.5 Å². The molecule has 1 aromatic carbocycles. The number of benzene rings is 1. The minimum absolute atomic E-state index is 0.0625. The number of nitrogens with zero attached hydrogens (tertiary/aromatic N) is 1. The number of anilines is 1. The van der Waals surface area contributed by atoms with Gasteiger partial charge in [0.25, 0.3) is 10.0 Å². The molecule has 0 unspecified atom stereocenters. The number of ether oxygens (including phenoxy) is 1. The minimum Gasteiger partial charge on any atom is -0.485 e. The van der Waals surface area contributed by atoms with Crippen LogP contribution in [0.1, 0.15) is 18.9 Å². The highest BCUT2D eigenvalue weighted by atomic mass is 35.5. The van der Waals surface area contributed by atoms with E-state index in [2.05, 4.69) is 15.0 Å². The first-order valence-corrected chi connectivity index (χ1v) is 10.1. The summed E-state index contributed by atoms with van der Waals surface area (Å²) in [7, 11) is -4.06. The lowest BCUT2D eigenvalue weighted by molar-refractivity contribution is -0.139. The number of hydrogen-bond acceptors (Lipinski definition) is 5. The fourth-order valence-corrected chi connectivity index (χ4v) is 3.89. The summed E-state index contributed by atoms with van der Waals surface area (Å²) in [5.74, 6) is -0.437. The van der Waals surface area contributed by atoms with E-state index in [4.69, 9.17) is 16.3 Å². The normalized spacial score (nSPS) is 20.2. The zero-order valence-corrected chi connectivity index (χ0v) is 16.2. The number of sulfonamides is 1. The molecule has 2 heterocycles. The first-order chi connectivity index (χ1) is 13.0. The maximum Gasteiger partial charge on any atom is 0.419 e. The Bertz CT molecular complexity index is 960. The van der Waals surface area contributed by atoms with Crippen LogP contribution in [-0.4, -0.2) is 32.1 Å². The average Bonchev–Trinajstić information content (AvgIpc) is 3.00. The van der Waals surface area contributed by atoms with Gasteiger partial charge in [0.2, 0.25) is 0 Å². The molecule has 0 bridgehead atoms. The van der Waals surface area contributed by atoms with Crippen molar-refractivity contribution in [3.8, 4) is 5.75 Å². The zero-order chi connectivity index (χ0) is 20.6. The summed E-state index contributed by atoms with van der Waals surface area (Å²) in [6.45, 7) is 2.70. The SMILES string of the molecule is C[C@@]1(Oc2cc(NS(=O)(=O)c3ccc(Cl)nc3)ccc2C(F)(F)F)CCNC1. The van der Waals surface area contributed by atoms with E-state index in [1.54, 1.807) is 6.92 Å². The van der Waals surface area contributed by atoms with Crippen molar-refractivity contribution in [2.75, 3.05) is 17.8 Å². The van der Waals surface area contributed by atoms with Gasteiger partial charge >= 0.3 is 6.18 Å². The third-order valence-electron chi connectivity index (χ3n) is 4.24. The topological polar surface area (TPSA) is 80.3 Å². The third-order valence-corrected chi connectivity index (χ3v) is 5.83. The van der Waals surface area contributed by atoms with Crippen molar-refractivity contribution >= 4 is 27.3 Å². The fourth-order valence-electron chi connectivity index (χ4n) is 2.79. The summed E-state index contributed by atoms with van der Waals surface area (Å²) < 4.78 is 72.9. The Morgan fingerprint density at radius 3 is 2.61 bits per heavy atom. The smallest absolute Gasteiger partial charge is 0.419 e. The van der Waals surface area contributed by atoms with Gasteiger partial charge in [0, 0.05) is 25.2 Å². The Kier molecular flexibility index (Phi) is 5.48. The van der Waals surface area contributed by atoms with Crippen LogP contribution in [0.15, 0.2) is 41.4 Å². The fraction of sp³-hybridized carbons (Fsp3) is 0.353. The van der Waals surface area contributed by atoms with E-state index in [0.717, 1.165) is 24.4 Å². The average molecular weight is 436 g/mol. The highest BCUT2D eigenvalue weighted by molar-refractivity contribution is 7.92. The molecule has 152 valence electrons. The summed E-state index contributed by atoms with van der Waals surface area (Å²) in [6.07, 6.45) is -3.07. The molecule has 2 aromatic rings. The lowest BCUT2D eigenvalue weighted by atomic mass is 10.1. The second-order valence-electron chi connectivity index (χ2n) is 6.61. The highest BCUT2D eigenvalue weighted by Gasteiger charge is 2.38. The van der Waals surface area contributed by atoms with Gasteiger partial charge in [-0.3, -0.25) is 4.72 Å². The summed E-state index contributed by atoms with van der Waals surface area (Å²) in [5.41, 5.74) is -1.86. The molecule has 0 spiro atoms. The van der Waals surface area contributed by atoms with Crippen LogP contribution in [0.2, 0.25) is 5.15 Å². The largest absolute Gasteiger partial charge is 0.485 e. The number of rotatable bonds is 5. The molecule has 1 aromatic heterocycles. The van der Waals surface area contributed by atoms with Gasteiger partial charge in [-0.1, -0.05) is 11.6 Å². The van der Waals surface area contributed by atoms with Gasteiger partial charge in [-0.25, -0.2) is 13.4 Å². The second kappa shape index (κ2) is 7.41. The van der Waals surface area contributed by atoms with Crippen LogP contribution in [0, 0.1) is 0 Å². The first-order valence-electron chi connectivity index (χ1n) is 8.24. The molecular formula is C17H17ClF3N3O3S. The molecule has 0 aliphatic carbocycles. The quantitative estimate of drug-likeness (QED) is 0.700. The molecule has 2 N–H and O–H groups in total. The highest BCUT2D eigenvalue weighted by Crippen LogP contribution is 2.40. The van der Waals surface area contributed by atoms with E-state index >= 15 is 0 Å². The Labute approximate surface area is 165 Å². The maximum absolute atomic E-state index is 13.4. The van der Waals surface area contributed by atoms with Crippen molar-refractivity contribution in [2.24, 2.45) is 0 Å². The molecule has 1 aliphatic heterocycles. The van der Waals surface area contributed by atoms with E-state index < -0.39 is 33.1 Å². The van der Waals surface area contributed by atoms with Crippen LogP contribution in [0.25, 0.3) is 0 Å².